The highest BCUT2D eigenvalue weighted by Crippen LogP contribution is 2.34. The number of aromatic carboxylic acids is 1. The molecule has 0 aliphatic carbocycles. The van der Waals surface area contributed by atoms with Gasteiger partial charge in [-0.1, -0.05) is 41.9 Å². The van der Waals surface area contributed by atoms with Gasteiger partial charge in [0.05, 0.1) is 25.0 Å². The van der Waals surface area contributed by atoms with Crippen LogP contribution in [0.5, 0.6) is 17.2 Å². The van der Waals surface area contributed by atoms with Crippen LogP contribution in [0.25, 0.3) is 0 Å². The number of carbonyl (C=O) groups is 1. The van der Waals surface area contributed by atoms with Gasteiger partial charge in [-0.2, -0.15) is 0 Å². The highest BCUT2D eigenvalue weighted by Gasteiger charge is 2.14. The molecule has 0 amide bonds. The van der Waals surface area contributed by atoms with Crippen molar-refractivity contribution in [3.8, 4) is 17.2 Å². The zero-order valence-corrected chi connectivity index (χ0v) is 18.1. The maximum atomic E-state index is 11.3. The first-order valence-corrected chi connectivity index (χ1v) is 10.2. The van der Waals surface area contributed by atoms with Crippen LogP contribution in [0.4, 0.5) is 5.69 Å². The molecule has 0 spiro atoms. The quantitative estimate of drug-likeness (QED) is 0.424. The first-order chi connectivity index (χ1) is 15.0. The number of para-hydroxylation sites is 1. The molecule has 0 saturated carbocycles. The molecule has 6 nitrogen and oxygen atoms in total. The number of rotatable bonds is 10. The van der Waals surface area contributed by atoms with Crippen LogP contribution < -0.4 is 19.5 Å². The summed E-state index contributed by atoms with van der Waals surface area (Å²) in [7, 11) is 1.54. The van der Waals surface area contributed by atoms with Gasteiger partial charge < -0.3 is 24.6 Å². The Balaban J connectivity index is 1.86. The molecule has 0 radical (unpaired) electrons. The summed E-state index contributed by atoms with van der Waals surface area (Å²) in [6.07, 6.45) is 0. The minimum absolute atomic E-state index is 0.168. The second kappa shape index (κ2) is 10.6. The summed E-state index contributed by atoms with van der Waals surface area (Å²) in [6, 6.07) is 17.8. The molecule has 0 bridgehead atoms. The summed E-state index contributed by atoms with van der Waals surface area (Å²) in [5, 5.41) is 13.2. The third-order valence-corrected chi connectivity index (χ3v) is 4.97. The van der Waals surface area contributed by atoms with Crippen molar-refractivity contribution in [1.29, 1.82) is 0 Å². The summed E-state index contributed by atoms with van der Waals surface area (Å²) >= 11 is 6.26. The van der Waals surface area contributed by atoms with E-state index in [1.54, 1.807) is 6.07 Å². The maximum Gasteiger partial charge on any atom is 0.335 e. The van der Waals surface area contributed by atoms with Crippen LogP contribution in [0.1, 0.15) is 28.4 Å². The van der Waals surface area contributed by atoms with Crippen molar-refractivity contribution in [1.82, 2.24) is 0 Å². The number of hydrogen-bond acceptors (Lipinski definition) is 5. The second-order valence-electron chi connectivity index (χ2n) is 6.63. The average Bonchev–Trinajstić information content (AvgIpc) is 2.78. The zero-order chi connectivity index (χ0) is 22.2. The standard InChI is InChI=1S/C24H24ClNO5/c1-3-30-22-10-6-8-17(23(22)31-15-18-7-4-5-9-19(18)25)14-26-20-13-16(24(27)28)11-12-21(20)29-2/h4-13,26H,3,14-15H2,1-2H3,(H,27,28). The lowest BCUT2D eigenvalue weighted by Crippen LogP contribution is -2.07. The molecule has 31 heavy (non-hydrogen) atoms. The Morgan fingerprint density at radius 2 is 1.77 bits per heavy atom. The number of benzene rings is 3. The number of carboxylic acid groups (broad SMARTS) is 1. The van der Waals surface area contributed by atoms with E-state index in [-0.39, 0.29) is 12.2 Å². The number of nitrogens with one attached hydrogen (secondary N) is 1. The minimum atomic E-state index is -1.01. The Bertz CT molecular complexity index is 1050. The smallest absolute Gasteiger partial charge is 0.335 e. The summed E-state index contributed by atoms with van der Waals surface area (Å²) in [5.41, 5.74) is 2.45. The SMILES string of the molecule is CCOc1cccc(CNc2cc(C(=O)O)ccc2OC)c1OCc1ccccc1Cl. The van der Waals surface area contributed by atoms with E-state index in [4.69, 9.17) is 25.8 Å². The highest BCUT2D eigenvalue weighted by atomic mass is 35.5. The molecule has 162 valence electrons. The molecule has 0 aliphatic heterocycles. The normalized spacial score (nSPS) is 10.4. The van der Waals surface area contributed by atoms with Crippen LogP contribution in [0.15, 0.2) is 60.7 Å². The molecule has 7 heteroatoms. The lowest BCUT2D eigenvalue weighted by atomic mass is 10.1. The molecule has 2 N–H and O–H groups in total. The fourth-order valence-corrected chi connectivity index (χ4v) is 3.26. The van der Waals surface area contributed by atoms with E-state index in [1.807, 2.05) is 49.4 Å². The van der Waals surface area contributed by atoms with Crippen LogP contribution >= 0.6 is 11.6 Å². The van der Waals surface area contributed by atoms with Crippen LogP contribution in [0, 0.1) is 0 Å². The number of methoxy groups -OCH3 is 1. The zero-order valence-electron chi connectivity index (χ0n) is 17.4. The monoisotopic (exact) mass is 441 g/mol. The van der Waals surface area contributed by atoms with Crippen molar-refractivity contribution in [3.63, 3.8) is 0 Å². The highest BCUT2D eigenvalue weighted by molar-refractivity contribution is 6.31. The van der Waals surface area contributed by atoms with Gasteiger partial charge in [-0.15, -0.1) is 0 Å². The molecular weight excluding hydrogens is 418 g/mol. The summed E-state index contributed by atoms with van der Waals surface area (Å²) < 4.78 is 17.2. The van der Waals surface area contributed by atoms with Crippen molar-refractivity contribution in [2.24, 2.45) is 0 Å². The van der Waals surface area contributed by atoms with E-state index in [1.165, 1.54) is 19.2 Å². The molecule has 0 aliphatic rings. The number of ether oxygens (including phenoxy) is 3. The van der Waals surface area contributed by atoms with E-state index in [2.05, 4.69) is 5.32 Å². The van der Waals surface area contributed by atoms with E-state index in [9.17, 15) is 9.90 Å². The lowest BCUT2D eigenvalue weighted by molar-refractivity contribution is 0.0697. The Kier molecular flexibility index (Phi) is 7.62. The minimum Gasteiger partial charge on any atom is -0.495 e. The fourth-order valence-electron chi connectivity index (χ4n) is 3.07. The van der Waals surface area contributed by atoms with Gasteiger partial charge in [0, 0.05) is 22.7 Å². The third kappa shape index (κ3) is 5.61. The van der Waals surface area contributed by atoms with Crippen molar-refractivity contribution in [2.45, 2.75) is 20.1 Å². The fraction of sp³-hybridized carbons (Fsp3) is 0.208. The van der Waals surface area contributed by atoms with Gasteiger partial charge in [0.25, 0.3) is 0 Å². The van der Waals surface area contributed by atoms with Crippen LogP contribution in [-0.2, 0) is 13.2 Å². The van der Waals surface area contributed by atoms with Crippen LogP contribution in [0.3, 0.4) is 0 Å². The third-order valence-electron chi connectivity index (χ3n) is 4.61. The Morgan fingerprint density at radius 1 is 1.00 bits per heavy atom. The molecule has 3 aromatic carbocycles. The second-order valence-corrected chi connectivity index (χ2v) is 7.04. The number of anilines is 1. The molecule has 0 unspecified atom stereocenters. The van der Waals surface area contributed by atoms with Gasteiger partial charge in [-0.05, 0) is 37.3 Å². The summed E-state index contributed by atoms with van der Waals surface area (Å²) in [5.74, 6) is 0.766. The molecule has 3 aromatic rings. The Labute approximate surface area is 186 Å². The average molecular weight is 442 g/mol. The lowest BCUT2D eigenvalue weighted by Gasteiger charge is -2.18. The number of carboxylic acids is 1. The summed E-state index contributed by atoms with van der Waals surface area (Å²) in [6.45, 7) is 3.06. The molecular formula is C24H24ClNO5. The molecule has 0 heterocycles. The van der Waals surface area contributed by atoms with E-state index < -0.39 is 5.97 Å². The predicted molar refractivity (Wildman–Crippen MR) is 121 cm³/mol. The first kappa shape index (κ1) is 22.3. The van der Waals surface area contributed by atoms with Crippen LogP contribution in [-0.4, -0.2) is 24.8 Å². The molecule has 0 aromatic heterocycles. The van der Waals surface area contributed by atoms with Gasteiger partial charge in [-0.25, -0.2) is 4.79 Å². The topological polar surface area (TPSA) is 77.0 Å². The van der Waals surface area contributed by atoms with Gasteiger partial charge in [0.1, 0.15) is 12.4 Å². The van der Waals surface area contributed by atoms with E-state index >= 15 is 0 Å². The largest absolute Gasteiger partial charge is 0.495 e. The van der Waals surface area contributed by atoms with E-state index in [0.29, 0.717) is 41.1 Å². The van der Waals surface area contributed by atoms with Gasteiger partial charge in [0.2, 0.25) is 0 Å². The first-order valence-electron chi connectivity index (χ1n) is 9.79. The number of hydrogen-bond donors (Lipinski definition) is 2. The maximum absolute atomic E-state index is 11.3. The predicted octanol–water partition coefficient (Wildman–Crippen LogP) is 5.64. The van der Waals surface area contributed by atoms with Gasteiger partial charge in [0.15, 0.2) is 11.5 Å². The molecule has 0 saturated heterocycles. The molecule has 0 atom stereocenters. The van der Waals surface area contributed by atoms with Gasteiger partial charge >= 0.3 is 5.97 Å². The Morgan fingerprint density at radius 3 is 2.48 bits per heavy atom. The Hall–Kier alpha value is -3.38. The summed E-state index contributed by atoms with van der Waals surface area (Å²) in [4.78, 5) is 11.3. The number of halogens is 1. The van der Waals surface area contributed by atoms with Crippen molar-refractivity contribution >= 4 is 23.3 Å². The molecule has 3 rings (SSSR count). The van der Waals surface area contributed by atoms with Crippen molar-refractivity contribution in [2.75, 3.05) is 19.0 Å². The van der Waals surface area contributed by atoms with Crippen molar-refractivity contribution < 1.29 is 24.1 Å². The molecule has 0 fully saturated rings. The van der Waals surface area contributed by atoms with E-state index in [0.717, 1.165) is 11.1 Å². The van der Waals surface area contributed by atoms with Crippen LogP contribution in [0.2, 0.25) is 5.02 Å². The van der Waals surface area contributed by atoms with Gasteiger partial charge in [-0.3, -0.25) is 0 Å². The van der Waals surface area contributed by atoms with Crippen molar-refractivity contribution in [3.05, 3.63) is 82.4 Å².